The Balaban J connectivity index is 1.11. The maximum atomic E-state index is 13.0. The van der Waals surface area contributed by atoms with Crippen molar-refractivity contribution >= 4 is 22.6 Å². The zero-order chi connectivity index (χ0) is 22.0. The minimum Gasteiger partial charge on any atom is -0.355 e. The third-order valence-electron chi connectivity index (χ3n) is 7.25. The normalized spacial score (nSPS) is 19.1. The molecule has 32 heavy (non-hydrogen) atoms. The Kier molecular flexibility index (Phi) is 5.64. The predicted octanol–water partition coefficient (Wildman–Crippen LogP) is 3.76. The summed E-state index contributed by atoms with van der Waals surface area (Å²) in [5.74, 6) is 0.450. The molecular formula is C27H29N3O2. The second-order valence-electron chi connectivity index (χ2n) is 9.18. The summed E-state index contributed by atoms with van der Waals surface area (Å²) < 4.78 is 0. The molecular weight excluding hydrogens is 398 g/mol. The molecule has 1 saturated carbocycles. The number of carbonyl (C=O) groups is 2. The van der Waals surface area contributed by atoms with Gasteiger partial charge in [-0.3, -0.25) is 14.6 Å². The number of fused-ring (bicyclic) bond motifs is 1. The molecule has 2 aromatic carbocycles. The number of carbonyl (C=O) groups excluding carboxylic acids is 2. The van der Waals surface area contributed by atoms with Crippen molar-refractivity contribution in [1.29, 1.82) is 0 Å². The molecule has 5 rings (SSSR count). The number of piperidine rings is 1. The molecule has 0 radical (unpaired) electrons. The summed E-state index contributed by atoms with van der Waals surface area (Å²) >= 11 is 0. The zero-order valence-corrected chi connectivity index (χ0v) is 18.3. The molecule has 2 heterocycles. The van der Waals surface area contributed by atoms with Gasteiger partial charge in [-0.25, -0.2) is 0 Å². The number of amides is 2. The lowest BCUT2D eigenvalue weighted by Crippen LogP contribution is -2.41. The summed E-state index contributed by atoms with van der Waals surface area (Å²) in [6, 6.07) is 20.2. The lowest BCUT2D eigenvalue weighted by atomic mass is 9.90. The van der Waals surface area contributed by atoms with Gasteiger partial charge in [0.15, 0.2) is 0 Å². The van der Waals surface area contributed by atoms with Crippen LogP contribution in [0.5, 0.6) is 0 Å². The maximum absolute atomic E-state index is 13.0. The average molecular weight is 428 g/mol. The molecule has 1 atom stereocenters. The van der Waals surface area contributed by atoms with Gasteiger partial charge in [0.05, 0.1) is 6.42 Å². The lowest BCUT2D eigenvalue weighted by molar-refractivity contribution is -0.132. The van der Waals surface area contributed by atoms with Crippen LogP contribution < -0.4 is 5.32 Å². The average Bonchev–Trinajstić information content (AvgIpc) is 3.53. The zero-order valence-electron chi connectivity index (χ0n) is 18.3. The molecule has 2 fully saturated rings. The Morgan fingerprint density at radius 3 is 2.59 bits per heavy atom. The van der Waals surface area contributed by atoms with Gasteiger partial charge in [-0.1, -0.05) is 48.5 Å². The van der Waals surface area contributed by atoms with Crippen molar-refractivity contribution in [3.05, 3.63) is 78.1 Å². The lowest BCUT2D eigenvalue weighted by Gasteiger charge is -2.33. The van der Waals surface area contributed by atoms with Crippen LogP contribution in [0.15, 0.2) is 66.9 Å². The van der Waals surface area contributed by atoms with Crippen LogP contribution in [0, 0.1) is 11.3 Å². The van der Waals surface area contributed by atoms with Crippen molar-refractivity contribution in [3.8, 4) is 0 Å². The van der Waals surface area contributed by atoms with Gasteiger partial charge in [0.2, 0.25) is 11.8 Å². The van der Waals surface area contributed by atoms with E-state index < -0.39 is 0 Å². The molecule has 164 valence electrons. The molecule has 1 spiro atoms. The molecule has 3 aromatic rings. The van der Waals surface area contributed by atoms with E-state index in [4.69, 9.17) is 0 Å². The topological polar surface area (TPSA) is 62.3 Å². The summed E-state index contributed by atoms with van der Waals surface area (Å²) in [5, 5.41) is 5.41. The first-order chi connectivity index (χ1) is 15.6. The van der Waals surface area contributed by atoms with E-state index in [9.17, 15) is 9.59 Å². The summed E-state index contributed by atoms with van der Waals surface area (Å²) in [6.07, 6.45) is 5.77. The smallest absolute Gasteiger partial charge is 0.227 e. The Bertz CT molecular complexity index is 1110. The molecule has 1 aromatic heterocycles. The molecule has 0 unspecified atom stereocenters. The van der Waals surface area contributed by atoms with E-state index in [1.165, 1.54) is 5.39 Å². The van der Waals surface area contributed by atoms with Gasteiger partial charge in [-0.15, -0.1) is 0 Å². The molecule has 0 bridgehead atoms. The number of benzene rings is 2. The summed E-state index contributed by atoms with van der Waals surface area (Å²) in [7, 11) is 0. The summed E-state index contributed by atoms with van der Waals surface area (Å²) in [6.45, 7) is 2.13. The highest BCUT2D eigenvalue weighted by atomic mass is 16.2. The van der Waals surface area contributed by atoms with E-state index in [2.05, 4.69) is 34.6 Å². The maximum Gasteiger partial charge on any atom is 0.227 e. The highest BCUT2D eigenvalue weighted by Gasteiger charge is 2.58. The minimum absolute atomic E-state index is 0.0987. The Hall–Kier alpha value is -3.21. The highest BCUT2D eigenvalue weighted by molar-refractivity contribution is 5.90. The van der Waals surface area contributed by atoms with Crippen molar-refractivity contribution < 1.29 is 9.59 Å². The Morgan fingerprint density at radius 2 is 1.78 bits per heavy atom. The van der Waals surface area contributed by atoms with Gasteiger partial charge in [-0.05, 0) is 53.1 Å². The SMILES string of the molecule is O=C(NCCc1ccccn1)[C@H]1CC12CCN(C(=O)Cc1cccc3ccccc13)CC2. The van der Waals surface area contributed by atoms with Gasteiger partial charge in [0.1, 0.15) is 0 Å². The van der Waals surface area contributed by atoms with Crippen molar-refractivity contribution in [2.75, 3.05) is 19.6 Å². The first-order valence-electron chi connectivity index (χ1n) is 11.6. The molecule has 5 nitrogen and oxygen atoms in total. The fraction of sp³-hybridized carbons (Fsp3) is 0.370. The van der Waals surface area contributed by atoms with Crippen LogP contribution in [-0.2, 0) is 22.4 Å². The molecule has 1 aliphatic heterocycles. The Labute approximate surface area is 188 Å². The third-order valence-corrected chi connectivity index (χ3v) is 7.25. The van der Waals surface area contributed by atoms with E-state index >= 15 is 0 Å². The quantitative estimate of drug-likeness (QED) is 0.652. The largest absolute Gasteiger partial charge is 0.355 e. The van der Waals surface area contributed by atoms with Crippen LogP contribution in [-0.4, -0.2) is 41.3 Å². The van der Waals surface area contributed by atoms with Crippen LogP contribution >= 0.6 is 0 Å². The third kappa shape index (κ3) is 4.24. The van der Waals surface area contributed by atoms with Crippen molar-refractivity contribution in [2.45, 2.75) is 32.1 Å². The number of nitrogens with zero attached hydrogens (tertiary/aromatic N) is 2. The van der Waals surface area contributed by atoms with Crippen LogP contribution in [0.25, 0.3) is 10.8 Å². The van der Waals surface area contributed by atoms with E-state index in [0.717, 1.165) is 55.4 Å². The van der Waals surface area contributed by atoms with Crippen molar-refractivity contribution in [2.24, 2.45) is 11.3 Å². The second-order valence-corrected chi connectivity index (χ2v) is 9.18. The molecule has 2 aliphatic rings. The fourth-order valence-corrected chi connectivity index (χ4v) is 5.18. The molecule has 1 aliphatic carbocycles. The number of hydrogen-bond acceptors (Lipinski definition) is 3. The first-order valence-corrected chi connectivity index (χ1v) is 11.6. The van der Waals surface area contributed by atoms with Gasteiger partial charge >= 0.3 is 0 Å². The van der Waals surface area contributed by atoms with Gasteiger partial charge in [0, 0.05) is 43.9 Å². The predicted molar refractivity (Wildman–Crippen MR) is 125 cm³/mol. The van der Waals surface area contributed by atoms with Gasteiger partial charge in [-0.2, -0.15) is 0 Å². The van der Waals surface area contributed by atoms with Gasteiger partial charge < -0.3 is 10.2 Å². The standard InChI is InChI=1S/C27H29N3O2/c31-25(18-21-8-5-7-20-6-1-2-10-23(20)21)30-16-12-27(13-17-30)19-24(27)26(32)29-15-11-22-9-3-4-14-28-22/h1-10,14,24H,11-13,15-19H2,(H,29,32)/t24-/m1/s1. The Morgan fingerprint density at radius 1 is 1.00 bits per heavy atom. The van der Waals surface area contributed by atoms with Crippen LogP contribution in [0.1, 0.15) is 30.5 Å². The van der Waals surface area contributed by atoms with Gasteiger partial charge in [0.25, 0.3) is 0 Å². The molecule has 1 saturated heterocycles. The number of likely N-dealkylation sites (tertiary alicyclic amines) is 1. The molecule has 5 heteroatoms. The minimum atomic E-state index is 0.0987. The molecule has 1 N–H and O–H groups in total. The van der Waals surface area contributed by atoms with E-state index in [-0.39, 0.29) is 23.1 Å². The van der Waals surface area contributed by atoms with Crippen molar-refractivity contribution in [3.63, 3.8) is 0 Å². The first kappa shape index (κ1) is 20.7. The van der Waals surface area contributed by atoms with E-state index in [1.54, 1.807) is 6.20 Å². The van der Waals surface area contributed by atoms with Crippen molar-refractivity contribution in [1.82, 2.24) is 15.2 Å². The number of nitrogens with one attached hydrogen (secondary N) is 1. The number of aromatic nitrogens is 1. The van der Waals surface area contributed by atoms with Crippen LogP contribution in [0.2, 0.25) is 0 Å². The number of pyridine rings is 1. The number of hydrogen-bond donors (Lipinski definition) is 1. The van der Waals surface area contributed by atoms with E-state index in [0.29, 0.717) is 13.0 Å². The second kappa shape index (κ2) is 8.73. The molecule has 2 amide bonds. The summed E-state index contributed by atoms with van der Waals surface area (Å²) in [5.41, 5.74) is 2.19. The summed E-state index contributed by atoms with van der Waals surface area (Å²) in [4.78, 5) is 31.9. The highest BCUT2D eigenvalue weighted by Crippen LogP contribution is 2.59. The monoisotopic (exact) mass is 427 g/mol. The van der Waals surface area contributed by atoms with Crippen LogP contribution in [0.3, 0.4) is 0 Å². The fourth-order valence-electron chi connectivity index (χ4n) is 5.18. The van der Waals surface area contributed by atoms with Crippen LogP contribution in [0.4, 0.5) is 0 Å². The van der Waals surface area contributed by atoms with E-state index in [1.807, 2.05) is 41.3 Å². The number of rotatable bonds is 6.